The second-order valence-corrected chi connectivity index (χ2v) is 13.1. The number of ether oxygens (including phenoxy) is 2. The maximum atomic E-state index is 13.9. The van der Waals surface area contributed by atoms with Gasteiger partial charge in [-0.15, -0.1) is 0 Å². The topological polar surface area (TPSA) is 125 Å². The van der Waals surface area contributed by atoms with Crippen molar-refractivity contribution in [2.75, 3.05) is 54.6 Å². The van der Waals surface area contributed by atoms with Crippen molar-refractivity contribution in [3.05, 3.63) is 84.2 Å². The molecule has 0 saturated carbocycles. The number of hydrogen-bond donors (Lipinski definition) is 2. The highest BCUT2D eigenvalue weighted by Crippen LogP contribution is 2.42. The van der Waals surface area contributed by atoms with Crippen molar-refractivity contribution >= 4 is 56.5 Å². The van der Waals surface area contributed by atoms with Gasteiger partial charge in [-0.1, -0.05) is 52.0 Å². The minimum absolute atomic E-state index is 0.189. The van der Waals surface area contributed by atoms with Crippen LogP contribution in [0.1, 0.15) is 50.0 Å². The Kier molecular flexibility index (Phi) is 10.6. The third-order valence-corrected chi connectivity index (χ3v) is 8.79. The zero-order valence-corrected chi connectivity index (χ0v) is 28.2. The second kappa shape index (κ2) is 14.6. The molecular weight excluding hydrogens is 618 g/mol. The van der Waals surface area contributed by atoms with E-state index in [-0.39, 0.29) is 29.0 Å². The van der Waals surface area contributed by atoms with Crippen LogP contribution in [0.25, 0.3) is 10.8 Å². The number of ketones is 1. The molecule has 11 nitrogen and oxygen atoms in total. The fourth-order valence-electron chi connectivity index (χ4n) is 5.69. The summed E-state index contributed by atoms with van der Waals surface area (Å²) >= 11 is -2.34. The summed E-state index contributed by atoms with van der Waals surface area (Å²) < 4.78 is 35.1. The molecule has 2 N–H and O–H groups in total. The fourth-order valence-corrected chi connectivity index (χ4v) is 6.33. The van der Waals surface area contributed by atoms with Gasteiger partial charge >= 0.3 is 0 Å². The first-order valence-corrected chi connectivity index (χ1v) is 16.6. The molecule has 1 aromatic heterocycles. The van der Waals surface area contributed by atoms with Crippen molar-refractivity contribution < 1.29 is 27.8 Å². The number of nitrogens with zero attached hydrogens (tertiary/aromatic N) is 4. The molecule has 2 heterocycles. The first-order chi connectivity index (χ1) is 22.5. The normalized spacial score (nSPS) is 14.4. The Labute approximate surface area is 277 Å². The van der Waals surface area contributed by atoms with Crippen LogP contribution in [0.3, 0.4) is 0 Å². The number of benzene rings is 3. The van der Waals surface area contributed by atoms with Gasteiger partial charge in [-0.2, -0.15) is 0 Å². The van der Waals surface area contributed by atoms with Crippen molar-refractivity contribution in [3.63, 3.8) is 0 Å². The number of rotatable bonds is 11. The minimum Gasteiger partial charge on any atom is -0.492 e. The molecule has 1 aliphatic heterocycles. The average Bonchev–Trinajstić information content (AvgIpc) is 3.07. The Morgan fingerprint density at radius 1 is 1.02 bits per heavy atom. The number of anilines is 4. The van der Waals surface area contributed by atoms with Crippen molar-refractivity contribution in [2.24, 2.45) is 0 Å². The summed E-state index contributed by atoms with van der Waals surface area (Å²) in [6.07, 6.45) is 4.07. The van der Waals surface area contributed by atoms with E-state index in [0.29, 0.717) is 43.8 Å². The molecule has 1 unspecified atom stereocenters. The molecule has 0 bridgehead atoms. The van der Waals surface area contributed by atoms with Gasteiger partial charge in [0.1, 0.15) is 0 Å². The Balaban J connectivity index is 1.56. The zero-order chi connectivity index (χ0) is 33.7. The van der Waals surface area contributed by atoms with Gasteiger partial charge in [-0.05, 0) is 59.2 Å². The molecule has 1 aliphatic rings. The van der Waals surface area contributed by atoms with E-state index in [1.54, 1.807) is 30.6 Å². The van der Waals surface area contributed by atoms with Crippen LogP contribution in [-0.2, 0) is 26.2 Å². The quantitative estimate of drug-likeness (QED) is 0.112. The van der Waals surface area contributed by atoms with E-state index in [1.165, 1.54) is 11.4 Å². The maximum Gasteiger partial charge on any atom is 0.296 e. The highest BCUT2D eigenvalue weighted by molar-refractivity contribution is 7.80. The maximum absolute atomic E-state index is 13.9. The summed E-state index contributed by atoms with van der Waals surface area (Å²) in [7, 11) is 1.42. The summed E-state index contributed by atoms with van der Waals surface area (Å²) in [4.78, 5) is 31.8. The van der Waals surface area contributed by atoms with Crippen molar-refractivity contribution in [2.45, 2.75) is 39.5 Å². The standard InChI is InChI=1S/C35H41N5O6S/c1-6-17-39(47(43)44)31-23-24(35(2,3)4)22-29(33(31)45-5)37-34(42)32(41)28-11-12-30(27-10-8-7-9-26(27)28)40(25-13-15-36-16-14-25)38-18-20-46-21-19-38/h7-16,22-23H,6,17-21H2,1-5H3,(H,37,42)(H,43,44). The Morgan fingerprint density at radius 2 is 1.70 bits per heavy atom. The molecular formula is C35H41N5O6S. The number of fused-ring (bicyclic) bond motifs is 1. The van der Waals surface area contributed by atoms with E-state index in [0.717, 1.165) is 22.3 Å². The largest absolute Gasteiger partial charge is 0.492 e. The van der Waals surface area contributed by atoms with Crippen LogP contribution >= 0.6 is 0 Å². The smallest absolute Gasteiger partial charge is 0.296 e. The summed E-state index contributed by atoms with van der Waals surface area (Å²) in [5.74, 6) is -1.39. The molecule has 4 aromatic rings. The number of morpholine rings is 1. The van der Waals surface area contributed by atoms with Crippen LogP contribution in [0.5, 0.6) is 5.75 Å². The number of pyridine rings is 1. The lowest BCUT2D eigenvalue weighted by molar-refractivity contribution is -0.112. The number of hydrazine groups is 1. The van der Waals surface area contributed by atoms with Gasteiger partial charge in [0.15, 0.2) is 5.75 Å². The number of nitrogens with one attached hydrogen (secondary N) is 1. The Bertz CT molecular complexity index is 1770. The number of hydrogen-bond acceptors (Lipinski definition) is 8. The van der Waals surface area contributed by atoms with Crippen LogP contribution in [0.2, 0.25) is 0 Å². The fraction of sp³-hybridized carbons (Fsp3) is 0.343. The number of carbonyl (C=O) groups is 2. The van der Waals surface area contributed by atoms with Crippen LogP contribution in [0, 0.1) is 0 Å². The van der Waals surface area contributed by atoms with E-state index in [1.807, 2.05) is 70.2 Å². The Hall–Kier alpha value is -4.36. The van der Waals surface area contributed by atoms with E-state index in [9.17, 15) is 18.4 Å². The van der Waals surface area contributed by atoms with Gasteiger partial charge in [-0.3, -0.25) is 28.4 Å². The van der Waals surface area contributed by atoms with Gasteiger partial charge in [-0.25, -0.2) is 9.22 Å². The monoisotopic (exact) mass is 659 g/mol. The van der Waals surface area contributed by atoms with Crippen LogP contribution in [0.4, 0.5) is 22.7 Å². The first kappa shape index (κ1) is 34.0. The summed E-state index contributed by atoms with van der Waals surface area (Å²) in [6.45, 7) is 10.7. The highest BCUT2D eigenvalue weighted by Gasteiger charge is 2.29. The van der Waals surface area contributed by atoms with E-state index in [4.69, 9.17) is 9.47 Å². The van der Waals surface area contributed by atoms with Crippen molar-refractivity contribution in [3.8, 4) is 5.75 Å². The molecule has 0 aliphatic carbocycles. The third kappa shape index (κ3) is 7.31. The predicted molar refractivity (Wildman–Crippen MR) is 186 cm³/mol. The molecule has 0 spiro atoms. The molecule has 0 radical (unpaired) electrons. The van der Waals surface area contributed by atoms with Crippen LogP contribution in [0.15, 0.2) is 73.1 Å². The molecule has 1 amide bonds. The molecule has 1 saturated heterocycles. The van der Waals surface area contributed by atoms with Crippen molar-refractivity contribution in [1.29, 1.82) is 0 Å². The van der Waals surface area contributed by atoms with Gasteiger partial charge in [0.05, 0.1) is 43.1 Å². The number of methoxy groups -OCH3 is 1. The van der Waals surface area contributed by atoms with E-state index in [2.05, 4.69) is 20.3 Å². The lowest BCUT2D eigenvalue weighted by Crippen LogP contribution is -2.46. The lowest BCUT2D eigenvalue weighted by atomic mass is 9.86. The molecule has 12 heteroatoms. The van der Waals surface area contributed by atoms with Gasteiger partial charge in [0, 0.05) is 43.0 Å². The minimum atomic E-state index is -2.34. The molecule has 1 atom stereocenters. The zero-order valence-electron chi connectivity index (χ0n) is 27.4. The number of aromatic nitrogens is 1. The van der Waals surface area contributed by atoms with Gasteiger partial charge in [0.2, 0.25) is 0 Å². The predicted octanol–water partition coefficient (Wildman–Crippen LogP) is 6.10. The third-order valence-electron chi connectivity index (χ3n) is 8.03. The van der Waals surface area contributed by atoms with Gasteiger partial charge in [0.25, 0.3) is 23.0 Å². The highest BCUT2D eigenvalue weighted by atomic mass is 32.2. The molecule has 5 rings (SSSR count). The number of amides is 1. The lowest BCUT2D eigenvalue weighted by Gasteiger charge is -2.39. The van der Waals surface area contributed by atoms with E-state index >= 15 is 0 Å². The molecule has 47 heavy (non-hydrogen) atoms. The van der Waals surface area contributed by atoms with Crippen LogP contribution < -0.4 is 19.4 Å². The van der Waals surface area contributed by atoms with Gasteiger partial charge < -0.3 is 14.8 Å². The summed E-state index contributed by atoms with van der Waals surface area (Å²) in [5.41, 5.74) is 2.99. The SMILES string of the molecule is CCCN(c1cc(C(C)(C)C)cc(NC(=O)C(=O)c2ccc(N(c3ccncc3)N3CCOCC3)c3ccccc23)c1OC)S(=O)O. The first-order valence-electron chi connectivity index (χ1n) is 15.6. The number of carbonyl (C=O) groups excluding carboxylic acids is 2. The molecule has 3 aromatic carbocycles. The average molecular weight is 660 g/mol. The summed E-state index contributed by atoms with van der Waals surface area (Å²) in [6, 6.07) is 18.4. The Morgan fingerprint density at radius 3 is 2.32 bits per heavy atom. The van der Waals surface area contributed by atoms with E-state index < -0.39 is 23.0 Å². The van der Waals surface area contributed by atoms with Crippen LogP contribution in [-0.4, -0.2) is 70.4 Å². The molecule has 248 valence electrons. The van der Waals surface area contributed by atoms with Crippen molar-refractivity contribution in [1.82, 2.24) is 9.99 Å². The second-order valence-electron chi connectivity index (χ2n) is 12.2. The number of Topliss-reactive ketones (excluding diaryl/α,β-unsaturated/α-hetero) is 1. The summed E-state index contributed by atoms with van der Waals surface area (Å²) in [5, 5.41) is 8.49. The molecule has 1 fully saturated rings.